The van der Waals surface area contributed by atoms with Crippen molar-refractivity contribution in [1.82, 2.24) is 25.3 Å². The number of aromatic nitrogens is 2. The highest BCUT2D eigenvalue weighted by Crippen LogP contribution is 2.42. The van der Waals surface area contributed by atoms with Crippen LogP contribution in [0.2, 0.25) is 0 Å². The van der Waals surface area contributed by atoms with Gasteiger partial charge in [-0.15, -0.1) is 0 Å². The summed E-state index contributed by atoms with van der Waals surface area (Å²) < 4.78 is 15.3. The third-order valence-electron chi connectivity index (χ3n) is 6.48. The molecule has 4 heterocycles. The fourth-order valence-corrected chi connectivity index (χ4v) is 5.01. The molecule has 0 radical (unpaired) electrons. The first-order valence-corrected chi connectivity index (χ1v) is 11.4. The van der Waals surface area contributed by atoms with Crippen LogP contribution in [0, 0.1) is 17.7 Å². The molecular formula is C23H32FN5S. The summed E-state index contributed by atoms with van der Waals surface area (Å²) in [6, 6.07) is 9.32. The molecule has 2 aromatic rings. The molecule has 0 aliphatic carbocycles. The van der Waals surface area contributed by atoms with Crippen LogP contribution >= 0.6 is 12.2 Å². The minimum absolute atomic E-state index is 0.217. The van der Waals surface area contributed by atoms with Crippen molar-refractivity contribution in [2.24, 2.45) is 18.9 Å². The summed E-state index contributed by atoms with van der Waals surface area (Å²) >= 11 is 5.43. The van der Waals surface area contributed by atoms with E-state index in [0.29, 0.717) is 23.8 Å². The van der Waals surface area contributed by atoms with Crippen molar-refractivity contribution >= 4 is 17.3 Å². The summed E-state index contributed by atoms with van der Waals surface area (Å²) in [4.78, 5) is 2.60. The normalized spacial score (nSPS) is 25.5. The third kappa shape index (κ3) is 4.67. The molecule has 1 aromatic carbocycles. The first-order valence-electron chi connectivity index (χ1n) is 11.0. The Morgan fingerprint density at radius 1 is 1.27 bits per heavy atom. The van der Waals surface area contributed by atoms with E-state index in [1.807, 2.05) is 11.7 Å². The van der Waals surface area contributed by atoms with Gasteiger partial charge < -0.3 is 10.6 Å². The Kier molecular flexibility index (Phi) is 6.39. The standard InChI is InChI=1S/C23H32FN5S/c1-15(2)12-25-23(30)26-13-19-10-17-8-9-29(19)14-20(17)22-11-21(27-28(22)3)16-4-6-18(24)7-5-16/h4-7,11,15,17,19-20H,8-10,12-14H2,1-3H3,(H2,25,26,30)/t17-,19-,20+/m1/s1. The van der Waals surface area contributed by atoms with E-state index in [2.05, 4.69) is 35.4 Å². The molecule has 3 aliphatic heterocycles. The van der Waals surface area contributed by atoms with Crippen molar-refractivity contribution in [2.75, 3.05) is 26.2 Å². The SMILES string of the molecule is CC(C)CNC(=S)NC[C@H]1C[C@H]2CCN1C[C@@H]2c1cc(-c2ccc(F)cc2)nn1C. The summed E-state index contributed by atoms with van der Waals surface area (Å²) in [6.45, 7) is 8.39. The Morgan fingerprint density at radius 3 is 2.70 bits per heavy atom. The quantitative estimate of drug-likeness (QED) is 0.688. The van der Waals surface area contributed by atoms with Gasteiger partial charge in [0.2, 0.25) is 0 Å². The minimum atomic E-state index is -0.217. The van der Waals surface area contributed by atoms with Crippen molar-refractivity contribution < 1.29 is 4.39 Å². The number of hydrogen-bond donors (Lipinski definition) is 2. The zero-order chi connectivity index (χ0) is 21.3. The van der Waals surface area contributed by atoms with Gasteiger partial charge in [-0.3, -0.25) is 9.58 Å². The van der Waals surface area contributed by atoms with Crippen molar-refractivity contribution in [3.8, 4) is 11.3 Å². The van der Waals surface area contributed by atoms with E-state index in [1.54, 1.807) is 12.1 Å². The maximum atomic E-state index is 13.3. The Morgan fingerprint density at radius 2 is 2.03 bits per heavy atom. The van der Waals surface area contributed by atoms with Gasteiger partial charge >= 0.3 is 0 Å². The molecule has 1 aromatic heterocycles. The summed E-state index contributed by atoms with van der Waals surface area (Å²) in [5, 5.41) is 12.2. The van der Waals surface area contributed by atoms with Gasteiger partial charge in [0.15, 0.2) is 5.11 Å². The highest BCUT2D eigenvalue weighted by Gasteiger charge is 2.41. The zero-order valence-corrected chi connectivity index (χ0v) is 18.9. The molecule has 0 amide bonds. The highest BCUT2D eigenvalue weighted by atomic mass is 32.1. The van der Waals surface area contributed by atoms with Gasteiger partial charge in [0.25, 0.3) is 0 Å². The maximum absolute atomic E-state index is 13.3. The summed E-state index contributed by atoms with van der Waals surface area (Å²) in [7, 11) is 2.03. The number of nitrogens with zero attached hydrogens (tertiary/aromatic N) is 3. The second kappa shape index (κ2) is 9.02. The average Bonchev–Trinajstić information content (AvgIpc) is 3.13. The van der Waals surface area contributed by atoms with Crippen LogP contribution in [0.1, 0.15) is 38.3 Å². The van der Waals surface area contributed by atoms with Crippen molar-refractivity contribution in [1.29, 1.82) is 0 Å². The van der Waals surface area contributed by atoms with Gasteiger partial charge in [0.05, 0.1) is 5.69 Å². The fourth-order valence-electron chi connectivity index (χ4n) is 4.85. The predicted molar refractivity (Wildman–Crippen MR) is 123 cm³/mol. The lowest BCUT2D eigenvalue weighted by molar-refractivity contribution is 0.0303. The molecule has 5 nitrogen and oxygen atoms in total. The number of benzene rings is 1. The van der Waals surface area contributed by atoms with Crippen LogP contribution in [0.3, 0.4) is 0 Å². The molecule has 5 rings (SSSR count). The van der Waals surface area contributed by atoms with E-state index in [-0.39, 0.29) is 5.82 Å². The third-order valence-corrected chi connectivity index (χ3v) is 6.77. The topological polar surface area (TPSA) is 45.1 Å². The van der Waals surface area contributed by atoms with Gasteiger partial charge in [-0.2, -0.15) is 5.10 Å². The predicted octanol–water partition coefficient (Wildman–Crippen LogP) is 3.52. The van der Waals surface area contributed by atoms with Gasteiger partial charge in [0.1, 0.15) is 5.82 Å². The molecule has 2 N–H and O–H groups in total. The molecule has 162 valence electrons. The average molecular weight is 430 g/mol. The lowest BCUT2D eigenvalue weighted by atomic mass is 9.74. The molecule has 1 unspecified atom stereocenters. The largest absolute Gasteiger partial charge is 0.362 e. The second-order valence-electron chi connectivity index (χ2n) is 9.11. The van der Waals surface area contributed by atoms with Gasteiger partial charge in [-0.05, 0) is 73.8 Å². The smallest absolute Gasteiger partial charge is 0.166 e. The van der Waals surface area contributed by atoms with E-state index < -0.39 is 0 Å². The van der Waals surface area contributed by atoms with E-state index in [9.17, 15) is 4.39 Å². The summed E-state index contributed by atoms with van der Waals surface area (Å²) in [5.74, 6) is 1.52. The number of fused-ring (bicyclic) bond motifs is 3. The van der Waals surface area contributed by atoms with E-state index in [4.69, 9.17) is 17.3 Å². The molecule has 3 aliphatic rings. The fraction of sp³-hybridized carbons (Fsp3) is 0.565. The van der Waals surface area contributed by atoms with Crippen LogP contribution in [-0.4, -0.2) is 52.0 Å². The van der Waals surface area contributed by atoms with Crippen molar-refractivity contribution in [3.05, 3.63) is 41.8 Å². The van der Waals surface area contributed by atoms with Gasteiger partial charge in [0, 0.05) is 49.9 Å². The second-order valence-corrected chi connectivity index (χ2v) is 9.52. The van der Waals surface area contributed by atoms with Crippen molar-refractivity contribution in [2.45, 2.75) is 38.6 Å². The molecule has 3 saturated heterocycles. The maximum Gasteiger partial charge on any atom is 0.166 e. The van der Waals surface area contributed by atoms with Crippen LogP contribution in [0.25, 0.3) is 11.3 Å². The van der Waals surface area contributed by atoms with E-state index in [1.165, 1.54) is 30.7 Å². The number of halogens is 1. The number of hydrogen-bond acceptors (Lipinski definition) is 3. The van der Waals surface area contributed by atoms with E-state index in [0.717, 1.165) is 42.5 Å². The molecule has 0 saturated carbocycles. The Hall–Kier alpha value is -1.99. The number of aryl methyl sites for hydroxylation is 1. The van der Waals surface area contributed by atoms with Crippen LogP contribution in [0.5, 0.6) is 0 Å². The summed E-state index contributed by atoms with van der Waals surface area (Å²) in [6.07, 6.45) is 2.41. The molecular weight excluding hydrogens is 397 g/mol. The lowest BCUT2D eigenvalue weighted by Crippen LogP contribution is -2.56. The van der Waals surface area contributed by atoms with Crippen LogP contribution in [0.15, 0.2) is 30.3 Å². The lowest BCUT2D eigenvalue weighted by Gasteiger charge is -2.50. The molecule has 2 bridgehead atoms. The van der Waals surface area contributed by atoms with Crippen LogP contribution < -0.4 is 10.6 Å². The number of nitrogens with one attached hydrogen (secondary N) is 2. The Bertz CT molecular complexity index is 878. The minimum Gasteiger partial charge on any atom is -0.362 e. The highest BCUT2D eigenvalue weighted by molar-refractivity contribution is 7.80. The number of rotatable bonds is 6. The Balaban J connectivity index is 1.39. The van der Waals surface area contributed by atoms with Gasteiger partial charge in [-0.1, -0.05) is 13.8 Å². The number of thiocarbonyl (C=S) groups is 1. The molecule has 7 heteroatoms. The van der Waals surface area contributed by atoms with E-state index >= 15 is 0 Å². The summed E-state index contributed by atoms with van der Waals surface area (Å²) in [5.41, 5.74) is 3.16. The first-order chi connectivity index (χ1) is 14.4. The molecule has 0 spiro atoms. The van der Waals surface area contributed by atoms with Crippen molar-refractivity contribution in [3.63, 3.8) is 0 Å². The molecule has 3 fully saturated rings. The van der Waals surface area contributed by atoms with Gasteiger partial charge in [-0.25, -0.2) is 4.39 Å². The first kappa shape index (κ1) is 21.2. The zero-order valence-electron chi connectivity index (χ0n) is 18.1. The van der Waals surface area contributed by atoms with Crippen LogP contribution in [-0.2, 0) is 7.05 Å². The molecule has 30 heavy (non-hydrogen) atoms. The number of piperidine rings is 3. The van der Waals surface area contributed by atoms with Crippen LogP contribution in [0.4, 0.5) is 4.39 Å². The molecule has 4 atom stereocenters. The monoisotopic (exact) mass is 429 g/mol. The Labute approximate surface area is 184 Å².